The molecule has 1 heterocycles. The number of benzene rings is 3. The number of hydrogen-bond acceptors (Lipinski definition) is 2. The van der Waals surface area contributed by atoms with Crippen molar-refractivity contribution in [2.45, 2.75) is 0 Å². The highest BCUT2D eigenvalue weighted by Crippen LogP contribution is 2.37. The third kappa shape index (κ3) is 3.02. The Morgan fingerprint density at radius 3 is 2.19 bits per heavy atom. The molecule has 0 aliphatic heterocycles. The van der Waals surface area contributed by atoms with Crippen molar-refractivity contribution in [1.82, 2.24) is 0 Å². The van der Waals surface area contributed by atoms with Gasteiger partial charge in [0.05, 0.1) is 21.7 Å². The van der Waals surface area contributed by atoms with Crippen LogP contribution in [0.5, 0.6) is 0 Å². The van der Waals surface area contributed by atoms with E-state index >= 15 is 0 Å². The van der Waals surface area contributed by atoms with Crippen molar-refractivity contribution < 1.29 is 4.42 Å². The first-order chi connectivity index (χ1) is 12.8. The summed E-state index contributed by atoms with van der Waals surface area (Å²) < 4.78 is 6.89. The summed E-state index contributed by atoms with van der Waals surface area (Å²) in [5.74, 6) is 7.16. The molecule has 122 valence electrons. The summed E-state index contributed by atoms with van der Waals surface area (Å²) in [5.41, 5.74) is 3.92. The molecule has 0 unspecified atom stereocenters. The summed E-state index contributed by atoms with van der Waals surface area (Å²) in [7, 11) is 0. The molecule has 0 fully saturated rings. The highest BCUT2D eigenvalue weighted by molar-refractivity contribution is 9.10. The Bertz CT molecular complexity index is 1190. The Labute approximate surface area is 159 Å². The topological polar surface area (TPSA) is 36.9 Å². The zero-order valence-electron chi connectivity index (χ0n) is 13.7. The van der Waals surface area contributed by atoms with Crippen molar-refractivity contribution in [3.8, 4) is 29.2 Å². The van der Waals surface area contributed by atoms with Crippen molar-refractivity contribution in [2.75, 3.05) is 0 Å². The summed E-state index contributed by atoms with van der Waals surface area (Å²) in [5, 5.41) is 10.1. The standard InChI is InChI=1S/C23H12BrNO/c24-21-14-17(15-25)13-20-19(12-11-16-7-3-1-4-8-16)22(26-23(20)21)18-9-5-2-6-10-18/h1-10,13-14H. The number of furan rings is 1. The Morgan fingerprint density at radius 1 is 0.808 bits per heavy atom. The van der Waals surface area contributed by atoms with Crippen LogP contribution in [-0.4, -0.2) is 0 Å². The fraction of sp³-hybridized carbons (Fsp3) is 0. The van der Waals surface area contributed by atoms with Crippen LogP contribution in [0.15, 0.2) is 81.7 Å². The van der Waals surface area contributed by atoms with Gasteiger partial charge in [0.15, 0.2) is 5.76 Å². The number of rotatable bonds is 1. The van der Waals surface area contributed by atoms with E-state index in [4.69, 9.17) is 4.42 Å². The molecule has 0 saturated heterocycles. The first-order valence-corrected chi connectivity index (χ1v) is 8.84. The molecule has 1 aromatic heterocycles. The second-order valence-electron chi connectivity index (χ2n) is 5.73. The van der Waals surface area contributed by atoms with Crippen LogP contribution >= 0.6 is 15.9 Å². The van der Waals surface area contributed by atoms with Gasteiger partial charge in [-0.2, -0.15) is 5.26 Å². The lowest BCUT2D eigenvalue weighted by molar-refractivity contribution is 0.629. The van der Waals surface area contributed by atoms with Crippen LogP contribution in [0.1, 0.15) is 16.7 Å². The first-order valence-electron chi connectivity index (χ1n) is 8.05. The maximum absolute atomic E-state index is 9.31. The van der Waals surface area contributed by atoms with E-state index in [0.29, 0.717) is 16.9 Å². The molecule has 0 spiro atoms. The zero-order valence-corrected chi connectivity index (χ0v) is 15.2. The van der Waals surface area contributed by atoms with Crippen LogP contribution in [-0.2, 0) is 0 Å². The largest absolute Gasteiger partial charge is 0.454 e. The predicted molar refractivity (Wildman–Crippen MR) is 106 cm³/mol. The van der Waals surface area contributed by atoms with Crippen LogP contribution in [0, 0.1) is 23.2 Å². The average Bonchev–Trinajstić information content (AvgIpc) is 3.07. The van der Waals surface area contributed by atoms with Gasteiger partial charge in [0, 0.05) is 16.5 Å². The summed E-state index contributed by atoms with van der Waals surface area (Å²) in [6.07, 6.45) is 0. The highest BCUT2D eigenvalue weighted by Gasteiger charge is 2.17. The summed E-state index contributed by atoms with van der Waals surface area (Å²) in [6.45, 7) is 0. The molecule has 0 saturated carbocycles. The molecule has 4 rings (SSSR count). The Balaban J connectivity index is 2.00. The molecular formula is C23H12BrNO. The number of halogens is 1. The zero-order chi connectivity index (χ0) is 17.9. The Morgan fingerprint density at radius 2 is 1.50 bits per heavy atom. The van der Waals surface area contributed by atoms with Gasteiger partial charge in [0.2, 0.25) is 0 Å². The third-order valence-electron chi connectivity index (χ3n) is 4.01. The monoisotopic (exact) mass is 397 g/mol. The number of hydrogen-bond donors (Lipinski definition) is 0. The smallest absolute Gasteiger partial charge is 0.151 e. The van der Waals surface area contributed by atoms with E-state index in [1.54, 1.807) is 6.07 Å². The SMILES string of the molecule is N#Cc1cc(Br)c2oc(-c3ccccc3)c(C#Cc3ccccc3)c2c1. The lowest BCUT2D eigenvalue weighted by Crippen LogP contribution is -1.81. The number of nitriles is 1. The van der Waals surface area contributed by atoms with Crippen LogP contribution in [0.4, 0.5) is 0 Å². The molecular weight excluding hydrogens is 386 g/mol. The van der Waals surface area contributed by atoms with E-state index in [1.165, 1.54) is 0 Å². The molecule has 0 aliphatic carbocycles. The van der Waals surface area contributed by atoms with Gasteiger partial charge in [-0.05, 0) is 40.2 Å². The Kier molecular flexibility index (Phi) is 4.32. The van der Waals surface area contributed by atoms with E-state index in [1.807, 2.05) is 66.7 Å². The molecule has 3 heteroatoms. The lowest BCUT2D eigenvalue weighted by atomic mass is 10.0. The van der Waals surface area contributed by atoms with Crippen LogP contribution in [0.3, 0.4) is 0 Å². The summed E-state index contributed by atoms with van der Waals surface area (Å²) in [4.78, 5) is 0. The lowest BCUT2D eigenvalue weighted by Gasteiger charge is -1.97. The predicted octanol–water partition coefficient (Wildman–Crippen LogP) is 6.13. The fourth-order valence-corrected chi connectivity index (χ4v) is 3.34. The van der Waals surface area contributed by atoms with Crippen molar-refractivity contribution in [2.24, 2.45) is 0 Å². The highest BCUT2D eigenvalue weighted by atomic mass is 79.9. The molecule has 0 amide bonds. The molecule has 0 atom stereocenters. The van der Waals surface area contributed by atoms with Crippen molar-refractivity contribution in [1.29, 1.82) is 5.26 Å². The van der Waals surface area contributed by atoms with Crippen LogP contribution < -0.4 is 0 Å². The van der Waals surface area contributed by atoms with E-state index in [2.05, 4.69) is 33.8 Å². The van der Waals surface area contributed by atoms with Gasteiger partial charge in [-0.25, -0.2) is 0 Å². The quantitative estimate of drug-likeness (QED) is 0.362. The van der Waals surface area contributed by atoms with Crippen molar-refractivity contribution in [3.63, 3.8) is 0 Å². The van der Waals surface area contributed by atoms with Gasteiger partial charge in [-0.3, -0.25) is 0 Å². The normalized spacial score (nSPS) is 10.2. The van der Waals surface area contributed by atoms with Gasteiger partial charge in [0.1, 0.15) is 5.58 Å². The summed E-state index contributed by atoms with van der Waals surface area (Å²) in [6, 6.07) is 25.5. The molecule has 0 radical (unpaired) electrons. The molecule has 0 N–H and O–H groups in total. The van der Waals surface area contributed by atoms with Gasteiger partial charge in [0.25, 0.3) is 0 Å². The van der Waals surface area contributed by atoms with Gasteiger partial charge >= 0.3 is 0 Å². The maximum Gasteiger partial charge on any atom is 0.151 e. The first kappa shape index (κ1) is 16.2. The Hall–Kier alpha value is -3.27. The number of fused-ring (bicyclic) bond motifs is 1. The van der Waals surface area contributed by atoms with Gasteiger partial charge < -0.3 is 4.42 Å². The fourth-order valence-electron chi connectivity index (χ4n) is 2.80. The molecule has 3 aromatic carbocycles. The second-order valence-corrected chi connectivity index (χ2v) is 6.59. The minimum Gasteiger partial charge on any atom is -0.454 e. The average molecular weight is 398 g/mol. The molecule has 2 nitrogen and oxygen atoms in total. The number of nitrogens with zero attached hydrogens (tertiary/aromatic N) is 1. The maximum atomic E-state index is 9.31. The van der Waals surface area contributed by atoms with Gasteiger partial charge in [-0.1, -0.05) is 60.4 Å². The molecule has 26 heavy (non-hydrogen) atoms. The minimum absolute atomic E-state index is 0.563. The van der Waals surface area contributed by atoms with Crippen LogP contribution in [0.25, 0.3) is 22.3 Å². The van der Waals surface area contributed by atoms with Gasteiger partial charge in [-0.15, -0.1) is 0 Å². The molecule has 0 bridgehead atoms. The van der Waals surface area contributed by atoms with E-state index in [9.17, 15) is 5.26 Å². The van der Waals surface area contributed by atoms with E-state index in [0.717, 1.165) is 26.5 Å². The second kappa shape index (κ2) is 6.92. The van der Waals surface area contributed by atoms with Crippen molar-refractivity contribution in [3.05, 3.63) is 94.0 Å². The van der Waals surface area contributed by atoms with Crippen molar-refractivity contribution >= 4 is 26.9 Å². The van der Waals surface area contributed by atoms with E-state index < -0.39 is 0 Å². The molecule has 4 aromatic rings. The minimum atomic E-state index is 0.563. The third-order valence-corrected chi connectivity index (χ3v) is 4.60. The van der Waals surface area contributed by atoms with E-state index in [-0.39, 0.29) is 0 Å². The molecule has 0 aliphatic rings. The van der Waals surface area contributed by atoms with Crippen LogP contribution in [0.2, 0.25) is 0 Å². The summed E-state index contributed by atoms with van der Waals surface area (Å²) >= 11 is 3.51.